The van der Waals surface area contributed by atoms with Gasteiger partial charge in [-0.05, 0) is 58.3 Å². The van der Waals surface area contributed by atoms with E-state index in [1.54, 1.807) is 0 Å². The first kappa shape index (κ1) is 17.5. The number of hydrogen-bond donors (Lipinski definition) is 0. The van der Waals surface area contributed by atoms with Crippen molar-refractivity contribution in [1.82, 2.24) is 14.5 Å². The Labute approximate surface area is 146 Å². The summed E-state index contributed by atoms with van der Waals surface area (Å²) < 4.78 is 2.35. The number of likely N-dealkylation sites (tertiary alicyclic amines) is 1. The standard InChI is InChI=1S/C20H33N3O/c1-15(2)23-16(3)13-21-19(23)11-18-9-6-10-22(14-18)20(24)12-17-7-4-5-8-17/h13,15,17-18H,4-12,14H2,1-3H3. The molecule has 3 rings (SSSR count). The van der Waals surface area contributed by atoms with Crippen molar-refractivity contribution in [1.29, 1.82) is 0 Å². The molecule has 1 saturated heterocycles. The number of nitrogens with zero attached hydrogens (tertiary/aromatic N) is 3. The molecule has 0 radical (unpaired) electrons. The summed E-state index contributed by atoms with van der Waals surface area (Å²) in [5, 5.41) is 0. The molecule has 0 N–H and O–H groups in total. The molecule has 1 aliphatic heterocycles. The number of rotatable bonds is 5. The Morgan fingerprint density at radius 1 is 1.21 bits per heavy atom. The van der Waals surface area contributed by atoms with Gasteiger partial charge < -0.3 is 9.47 Å². The predicted molar refractivity (Wildman–Crippen MR) is 96.9 cm³/mol. The number of aryl methyl sites for hydroxylation is 1. The lowest BCUT2D eigenvalue weighted by Gasteiger charge is -2.33. The summed E-state index contributed by atoms with van der Waals surface area (Å²) in [7, 11) is 0. The van der Waals surface area contributed by atoms with Crippen molar-refractivity contribution < 1.29 is 4.79 Å². The average molecular weight is 332 g/mol. The third kappa shape index (κ3) is 4.01. The molecule has 1 aromatic rings. The van der Waals surface area contributed by atoms with Crippen LogP contribution in [0.3, 0.4) is 0 Å². The average Bonchev–Trinajstić information content (AvgIpc) is 3.17. The maximum absolute atomic E-state index is 12.6. The number of carbonyl (C=O) groups excluding carboxylic acids is 1. The Kier molecular flexibility index (Phi) is 5.62. The summed E-state index contributed by atoms with van der Waals surface area (Å²) in [4.78, 5) is 19.4. The molecule has 0 bridgehead atoms. The molecule has 1 amide bonds. The molecule has 1 unspecified atom stereocenters. The van der Waals surface area contributed by atoms with Crippen molar-refractivity contribution in [2.24, 2.45) is 11.8 Å². The lowest BCUT2D eigenvalue weighted by molar-refractivity contribution is -0.134. The van der Waals surface area contributed by atoms with E-state index in [-0.39, 0.29) is 0 Å². The van der Waals surface area contributed by atoms with Crippen LogP contribution in [0.4, 0.5) is 0 Å². The van der Waals surface area contributed by atoms with Gasteiger partial charge in [-0.1, -0.05) is 12.8 Å². The predicted octanol–water partition coefficient (Wildman–Crippen LogP) is 4.13. The topological polar surface area (TPSA) is 38.1 Å². The van der Waals surface area contributed by atoms with Gasteiger partial charge in [-0.25, -0.2) is 4.98 Å². The van der Waals surface area contributed by atoms with Crippen molar-refractivity contribution in [3.8, 4) is 0 Å². The zero-order valence-electron chi connectivity index (χ0n) is 15.6. The molecular formula is C20H33N3O. The Morgan fingerprint density at radius 3 is 2.62 bits per heavy atom. The zero-order chi connectivity index (χ0) is 17.1. The minimum atomic E-state index is 0.398. The van der Waals surface area contributed by atoms with Gasteiger partial charge in [0.15, 0.2) is 0 Å². The van der Waals surface area contributed by atoms with Crippen LogP contribution in [-0.2, 0) is 11.2 Å². The van der Waals surface area contributed by atoms with E-state index in [9.17, 15) is 4.79 Å². The number of amides is 1. The number of piperidine rings is 1. The summed E-state index contributed by atoms with van der Waals surface area (Å²) in [5.74, 6) is 2.80. The van der Waals surface area contributed by atoms with E-state index in [0.29, 0.717) is 23.8 Å². The van der Waals surface area contributed by atoms with Gasteiger partial charge in [0.05, 0.1) is 0 Å². The highest BCUT2D eigenvalue weighted by atomic mass is 16.2. The van der Waals surface area contributed by atoms with Crippen LogP contribution in [0.2, 0.25) is 0 Å². The molecule has 2 fully saturated rings. The molecule has 1 atom stereocenters. The monoisotopic (exact) mass is 331 g/mol. The normalized spacial score (nSPS) is 22.5. The fourth-order valence-corrected chi connectivity index (χ4v) is 4.66. The van der Waals surface area contributed by atoms with Gasteiger partial charge >= 0.3 is 0 Å². The van der Waals surface area contributed by atoms with Crippen molar-refractivity contribution in [2.45, 2.75) is 78.2 Å². The van der Waals surface area contributed by atoms with Gasteiger partial charge in [0.2, 0.25) is 5.91 Å². The van der Waals surface area contributed by atoms with E-state index < -0.39 is 0 Å². The summed E-state index contributed by atoms with van der Waals surface area (Å²) in [5.41, 5.74) is 1.24. The summed E-state index contributed by atoms with van der Waals surface area (Å²) in [6.07, 6.45) is 11.3. The molecule has 2 heterocycles. The Hall–Kier alpha value is -1.32. The smallest absolute Gasteiger partial charge is 0.222 e. The highest BCUT2D eigenvalue weighted by Gasteiger charge is 2.27. The molecule has 4 nitrogen and oxygen atoms in total. The van der Waals surface area contributed by atoms with Gasteiger partial charge in [-0.3, -0.25) is 4.79 Å². The summed E-state index contributed by atoms with van der Waals surface area (Å²) in [6.45, 7) is 8.46. The quantitative estimate of drug-likeness (QED) is 0.813. The second-order valence-electron chi connectivity index (χ2n) is 8.19. The van der Waals surface area contributed by atoms with E-state index in [1.807, 2.05) is 6.20 Å². The number of hydrogen-bond acceptors (Lipinski definition) is 2. The van der Waals surface area contributed by atoms with E-state index in [0.717, 1.165) is 32.4 Å². The third-order valence-electron chi connectivity index (χ3n) is 5.86. The maximum Gasteiger partial charge on any atom is 0.222 e. The van der Waals surface area contributed by atoms with Gasteiger partial charge in [0.25, 0.3) is 0 Å². The fourth-order valence-electron chi connectivity index (χ4n) is 4.66. The molecule has 1 aliphatic carbocycles. The maximum atomic E-state index is 12.6. The van der Waals surface area contributed by atoms with Crippen LogP contribution in [0.25, 0.3) is 0 Å². The van der Waals surface area contributed by atoms with Gasteiger partial charge in [0.1, 0.15) is 5.82 Å². The Bertz CT molecular complexity index is 557. The van der Waals surface area contributed by atoms with Crippen LogP contribution in [0.15, 0.2) is 6.20 Å². The van der Waals surface area contributed by atoms with Crippen LogP contribution in [0.5, 0.6) is 0 Å². The van der Waals surface area contributed by atoms with Crippen LogP contribution in [0.1, 0.15) is 76.4 Å². The molecule has 0 spiro atoms. The first-order valence-corrected chi connectivity index (χ1v) is 9.85. The van der Waals surface area contributed by atoms with Crippen LogP contribution in [-0.4, -0.2) is 33.4 Å². The molecule has 134 valence electrons. The highest BCUT2D eigenvalue weighted by Crippen LogP contribution is 2.29. The molecule has 4 heteroatoms. The van der Waals surface area contributed by atoms with Crippen LogP contribution in [0, 0.1) is 18.8 Å². The van der Waals surface area contributed by atoms with Gasteiger partial charge in [-0.15, -0.1) is 0 Å². The minimum Gasteiger partial charge on any atom is -0.342 e. The molecule has 1 aromatic heterocycles. The van der Waals surface area contributed by atoms with E-state index in [4.69, 9.17) is 0 Å². The van der Waals surface area contributed by atoms with Crippen molar-refractivity contribution in [3.63, 3.8) is 0 Å². The number of imidazole rings is 1. The first-order valence-electron chi connectivity index (χ1n) is 9.85. The van der Waals surface area contributed by atoms with E-state index in [2.05, 4.69) is 35.2 Å². The molecule has 2 aliphatic rings. The summed E-state index contributed by atoms with van der Waals surface area (Å²) in [6, 6.07) is 0.450. The van der Waals surface area contributed by atoms with Gasteiger partial charge in [0, 0.05) is 43.9 Å². The Balaban J connectivity index is 1.58. The van der Waals surface area contributed by atoms with Gasteiger partial charge in [-0.2, -0.15) is 0 Å². The van der Waals surface area contributed by atoms with E-state index in [1.165, 1.54) is 43.6 Å². The van der Waals surface area contributed by atoms with Crippen LogP contribution >= 0.6 is 0 Å². The van der Waals surface area contributed by atoms with Crippen LogP contribution < -0.4 is 0 Å². The lowest BCUT2D eigenvalue weighted by atomic mass is 9.93. The Morgan fingerprint density at radius 2 is 1.92 bits per heavy atom. The number of carbonyl (C=O) groups is 1. The molecule has 24 heavy (non-hydrogen) atoms. The molecule has 0 aromatic carbocycles. The second kappa shape index (κ2) is 7.71. The third-order valence-corrected chi connectivity index (χ3v) is 5.86. The molecule has 1 saturated carbocycles. The van der Waals surface area contributed by atoms with Crippen molar-refractivity contribution in [3.05, 3.63) is 17.7 Å². The zero-order valence-corrected chi connectivity index (χ0v) is 15.6. The minimum absolute atomic E-state index is 0.398. The fraction of sp³-hybridized carbons (Fsp3) is 0.800. The summed E-state index contributed by atoms with van der Waals surface area (Å²) >= 11 is 0. The lowest BCUT2D eigenvalue weighted by Crippen LogP contribution is -2.41. The van der Waals surface area contributed by atoms with E-state index >= 15 is 0 Å². The molecular weight excluding hydrogens is 298 g/mol. The number of aromatic nitrogens is 2. The first-order chi connectivity index (χ1) is 11.5. The highest BCUT2D eigenvalue weighted by molar-refractivity contribution is 5.76. The SMILES string of the molecule is Cc1cnc(CC2CCCN(C(=O)CC3CCCC3)C2)n1C(C)C. The van der Waals surface area contributed by atoms with Crippen molar-refractivity contribution >= 4 is 5.91 Å². The second-order valence-corrected chi connectivity index (χ2v) is 8.19. The largest absolute Gasteiger partial charge is 0.342 e. The van der Waals surface area contributed by atoms with Crippen molar-refractivity contribution in [2.75, 3.05) is 13.1 Å².